The minimum Gasteiger partial charge on any atom is -0.494 e. The number of benzene rings is 3. The van der Waals surface area contributed by atoms with E-state index in [2.05, 4.69) is 0 Å². The molecule has 3 aromatic carbocycles. The molecule has 4 rings (SSSR count). The van der Waals surface area contributed by atoms with Crippen LogP contribution in [-0.2, 0) is 9.59 Å². The largest absolute Gasteiger partial charge is 0.494 e. The summed E-state index contributed by atoms with van der Waals surface area (Å²) in [5.41, 5.74) is 2.85. The standard InChI is InChI=1S/C26H24N2O3/c1-3-27(20-14-9-6-10-15-20)24-23(19-12-7-5-8-13-19)25(29)28(26(24)30)21-16-11-17-22(18-21)31-4-2/h5-18H,3-4H2,1-2H3. The van der Waals surface area contributed by atoms with Crippen LogP contribution >= 0.6 is 0 Å². The fraction of sp³-hybridized carbons (Fsp3) is 0.154. The lowest BCUT2D eigenvalue weighted by atomic mass is 10.0. The minimum absolute atomic E-state index is 0.339. The number of anilines is 2. The molecule has 0 radical (unpaired) electrons. The van der Waals surface area contributed by atoms with Crippen LogP contribution in [0, 0.1) is 0 Å². The first-order valence-corrected chi connectivity index (χ1v) is 10.4. The highest BCUT2D eigenvalue weighted by Crippen LogP contribution is 2.37. The van der Waals surface area contributed by atoms with Crippen molar-refractivity contribution in [3.8, 4) is 5.75 Å². The molecule has 31 heavy (non-hydrogen) atoms. The Labute approximate surface area is 182 Å². The maximum Gasteiger partial charge on any atom is 0.282 e. The van der Waals surface area contributed by atoms with Crippen molar-refractivity contribution in [1.82, 2.24) is 0 Å². The lowest BCUT2D eigenvalue weighted by Gasteiger charge is -2.25. The highest BCUT2D eigenvalue weighted by Gasteiger charge is 2.42. The van der Waals surface area contributed by atoms with Gasteiger partial charge in [-0.1, -0.05) is 54.6 Å². The molecule has 0 unspecified atom stereocenters. The lowest BCUT2D eigenvalue weighted by Crippen LogP contribution is -2.35. The number of hydrogen-bond acceptors (Lipinski definition) is 4. The monoisotopic (exact) mass is 412 g/mol. The van der Waals surface area contributed by atoms with E-state index in [-0.39, 0.29) is 11.8 Å². The average molecular weight is 412 g/mol. The van der Waals surface area contributed by atoms with Crippen molar-refractivity contribution >= 4 is 28.8 Å². The first kappa shape index (κ1) is 20.4. The fourth-order valence-electron chi connectivity index (χ4n) is 3.82. The molecule has 0 atom stereocenters. The number of rotatable bonds is 7. The van der Waals surface area contributed by atoms with Gasteiger partial charge in [-0.15, -0.1) is 0 Å². The molecule has 1 aliphatic rings. The number of carbonyl (C=O) groups is 2. The van der Waals surface area contributed by atoms with E-state index in [1.165, 1.54) is 4.90 Å². The number of imide groups is 1. The van der Waals surface area contributed by atoms with Crippen molar-refractivity contribution in [3.63, 3.8) is 0 Å². The Morgan fingerprint density at radius 2 is 1.48 bits per heavy atom. The second-order valence-electron chi connectivity index (χ2n) is 7.05. The molecule has 0 spiro atoms. The highest BCUT2D eigenvalue weighted by molar-refractivity contribution is 6.46. The quantitative estimate of drug-likeness (QED) is 0.518. The van der Waals surface area contributed by atoms with Crippen LogP contribution in [0.4, 0.5) is 11.4 Å². The Morgan fingerprint density at radius 1 is 0.806 bits per heavy atom. The molecule has 5 nitrogen and oxygen atoms in total. The van der Waals surface area contributed by atoms with Crippen molar-refractivity contribution in [2.75, 3.05) is 23.0 Å². The van der Waals surface area contributed by atoms with Gasteiger partial charge in [0, 0.05) is 18.3 Å². The summed E-state index contributed by atoms with van der Waals surface area (Å²) in [6.07, 6.45) is 0. The van der Waals surface area contributed by atoms with E-state index >= 15 is 0 Å². The number of amides is 2. The molecule has 0 saturated heterocycles. The van der Waals surface area contributed by atoms with E-state index in [4.69, 9.17) is 4.74 Å². The number of para-hydroxylation sites is 1. The molecule has 5 heteroatoms. The van der Waals surface area contributed by atoms with Crippen LogP contribution in [0.25, 0.3) is 5.57 Å². The Balaban J connectivity index is 1.86. The van der Waals surface area contributed by atoms with E-state index in [0.29, 0.717) is 41.4 Å². The Morgan fingerprint density at radius 3 is 2.13 bits per heavy atom. The van der Waals surface area contributed by atoms with Gasteiger partial charge in [0.15, 0.2) is 0 Å². The maximum atomic E-state index is 13.7. The summed E-state index contributed by atoms with van der Waals surface area (Å²) in [4.78, 5) is 30.5. The summed E-state index contributed by atoms with van der Waals surface area (Å²) in [5.74, 6) is -0.0665. The van der Waals surface area contributed by atoms with E-state index in [0.717, 1.165) is 5.69 Å². The molecule has 0 saturated carbocycles. The normalized spacial score (nSPS) is 13.7. The number of carbonyl (C=O) groups excluding carboxylic acids is 2. The molecule has 0 aromatic heterocycles. The molecule has 0 bridgehead atoms. The van der Waals surface area contributed by atoms with Gasteiger partial charge in [-0.3, -0.25) is 9.59 Å². The zero-order chi connectivity index (χ0) is 21.8. The Hall–Kier alpha value is -3.86. The van der Waals surface area contributed by atoms with Crippen molar-refractivity contribution in [2.45, 2.75) is 13.8 Å². The zero-order valence-corrected chi connectivity index (χ0v) is 17.6. The fourth-order valence-corrected chi connectivity index (χ4v) is 3.82. The van der Waals surface area contributed by atoms with E-state index in [9.17, 15) is 9.59 Å². The van der Waals surface area contributed by atoms with Crippen LogP contribution in [0.1, 0.15) is 19.4 Å². The van der Waals surface area contributed by atoms with Gasteiger partial charge < -0.3 is 9.64 Å². The van der Waals surface area contributed by atoms with Gasteiger partial charge in [0.25, 0.3) is 11.8 Å². The Kier molecular flexibility index (Phi) is 5.85. The molecule has 2 amide bonds. The van der Waals surface area contributed by atoms with Gasteiger partial charge in [-0.25, -0.2) is 4.90 Å². The minimum atomic E-state index is -0.344. The van der Waals surface area contributed by atoms with Gasteiger partial charge in [0.1, 0.15) is 11.4 Å². The molecule has 3 aromatic rings. The van der Waals surface area contributed by atoms with Crippen molar-refractivity contribution in [1.29, 1.82) is 0 Å². The SMILES string of the molecule is CCOc1cccc(N2C(=O)C(c3ccccc3)=C(N(CC)c3ccccc3)C2=O)c1. The molecule has 0 fully saturated rings. The summed E-state index contributed by atoms with van der Waals surface area (Å²) >= 11 is 0. The molecular weight excluding hydrogens is 388 g/mol. The molecule has 0 aliphatic carbocycles. The maximum absolute atomic E-state index is 13.7. The van der Waals surface area contributed by atoms with Crippen LogP contribution in [0.2, 0.25) is 0 Å². The van der Waals surface area contributed by atoms with E-state index in [1.54, 1.807) is 18.2 Å². The van der Waals surface area contributed by atoms with Gasteiger partial charge in [0.2, 0.25) is 0 Å². The van der Waals surface area contributed by atoms with Crippen LogP contribution in [0.15, 0.2) is 90.6 Å². The van der Waals surface area contributed by atoms with Crippen LogP contribution in [-0.4, -0.2) is 25.0 Å². The molecule has 0 N–H and O–H groups in total. The van der Waals surface area contributed by atoms with Gasteiger partial charge in [0.05, 0.1) is 17.9 Å². The second-order valence-corrected chi connectivity index (χ2v) is 7.05. The molecule has 156 valence electrons. The van der Waals surface area contributed by atoms with E-state index < -0.39 is 0 Å². The number of hydrogen-bond donors (Lipinski definition) is 0. The molecule has 1 aliphatic heterocycles. The predicted molar refractivity (Wildman–Crippen MR) is 123 cm³/mol. The topological polar surface area (TPSA) is 49.9 Å². The third kappa shape index (κ3) is 3.82. The number of likely N-dealkylation sites (N-methyl/N-ethyl adjacent to an activating group) is 1. The molecule has 1 heterocycles. The van der Waals surface area contributed by atoms with Crippen LogP contribution < -0.4 is 14.5 Å². The first-order chi connectivity index (χ1) is 15.2. The summed E-state index contributed by atoms with van der Waals surface area (Å²) in [6.45, 7) is 4.91. The second kappa shape index (κ2) is 8.88. The smallest absolute Gasteiger partial charge is 0.282 e. The summed E-state index contributed by atoms with van der Waals surface area (Å²) < 4.78 is 5.58. The third-order valence-corrected chi connectivity index (χ3v) is 5.16. The van der Waals surface area contributed by atoms with Crippen molar-refractivity contribution in [2.24, 2.45) is 0 Å². The summed E-state index contributed by atoms with van der Waals surface area (Å²) in [5, 5.41) is 0. The van der Waals surface area contributed by atoms with Gasteiger partial charge in [-0.2, -0.15) is 0 Å². The molecular formula is C26H24N2O3. The van der Waals surface area contributed by atoms with Crippen molar-refractivity contribution in [3.05, 3.63) is 96.2 Å². The summed E-state index contributed by atoms with van der Waals surface area (Å²) in [6, 6.07) is 26.1. The van der Waals surface area contributed by atoms with Gasteiger partial charge >= 0.3 is 0 Å². The zero-order valence-electron chi connectivity index (χ0n) is 17.6. The highest BCUT2D eigenvalue weighted by atomic mass is 16.5. The van der Waals surface area contributed by atoms with E-state index in [1.807, 2.05) is 85.5 Å². The first-order valence-electron chi connectivity index (χ1n) is 10.4. The predicted octanol–water partition coefficient (Wildman–Crippen LogP) is 4.90. The number of ether oxygens (including phenoxy) is 1. The average Bonchev–Trinajstić information content (AvgIpc) is 3.06. The number of nitrogens with zero attached hydrogens (tertiary/aromatic N) is 2. The van der Waals surface area contributed by atoms with Crippen molar-refractivity contribution < 1.29 is 14.3 Å². The van der Waals surface area contributed by atoms with Crippen LogP contribution in [0.5, 0.6) is 5.75 Å². The third-order valence-electron chi connectivity index (χ3n) is 5.16. The lowest BCUT2D eigenvalue weighted by molar-refractivity contribution is -0.120. The van der Waals surface area contributed by atoms with Crippen LogP contribution in [0.3, 0.4) is 0 Å². The van der Waals surface area contributed by atoms with Gasteiger partial charge in [-0.05, 0) is 43.7 Å². The Bertz CT molecular complexity index is 1120. The summed E-state index contributed by atoms with van der Waals surface area (Å²) in [7, 11) is 0.